The summed E-state index contributed by atoms with van der Waals surface area (Å²) < 4.78 is 14.6. The third kappa shape index (κ3) is 0.898. The van der Waals surface area contributed by atoms with Gasteiger partial charge in [0.1, 0.15) is 11.0 Å². The summed E-state index contributed by atoms with van der Waals surface area (Å²) in [6.07, 6.45) is 0. The molecule has 1 aromatic carbocycles. The average molecular weight is 185 g/mol. The molecule has 2 rings (SSSR count). The Morgan fingerprint density at radius 3 is 2.92 bits per heavy atom. The summed E-state index contributed by atoms with van der Waals surface area (Å²) in [5, 5.41) is 4.74. The zero-order valence-corrected chi connectivity index (χ0v) is 7.14. The number of aryl methyl sites for hydroxylation is 1. The van der Waals surface area contributed by atoms with E-state index in [1.807, 2.05) is 0 Å². The van der Waals surface area contributed by atoms with Gasteiger partial charge in [-0.05, 0) is 12.1 Å². The van der Waals surface area contributed by atoms with Crippen LogP contribution in [0.1, 0.15) is 0 Å². The molecular weight excluding hydrogens is 179 g/mol. The maximum Gasteiger partial charge on any atom is 0.137 e. The second-order valence-electron chi connectivity index (χ2n) is 2.55. The summed E-state index contributed by atoms with van der Waals surface area (Å²) in [6, 6.07) is 4.71. The van der Waals surface area contributed by atoms with E-state index in [9.17, 15) is 4.39 Å². The van der Waals surface area contributed by atoms with Crippen molar-refractivity contribution in [2.75, 3.05) is 0 Å². The minimum atomic E-state index is -0.328. The summed E-state index contributed by atoms with van der Waals surface area (Å²) in [5.74, 6) is -0.328. The minimum absolute atomic E-state index is 0.328. The number of benzene rings is 1. The van der Waals surface area contributed by atoms with E-state index in [0.717, 1.165) is 0 Å². The van der Waals surface area contributed by atoms with Crippen molar-refractivity contribution in [3.63, 3.8) is 0 Å². The molecule has 0 atom stereocenters. The number of fused-ring (bicyclic) bond motifs is 1. The van der Waals surface area contributed by atoms with Crippen LogP contribution < -0.4 is 0 Å². The predicted molar refractivity (Wildman–Crippen MR) is 45.7 cm³/mol. The Morgan fingerprint density at radius 1 is 1.50 bits per heavy atom. The summed E-state index contributed by atoms with van der Waals surface area (Å²) >= 11 is 5.81. The highest BCUT2D eigenvalue weighted by Crippen LogP contribution is 2.24. The van der Waals surface area contributed by atoms with Gasteiger partial charge in [0.15, 0.2) is 0 Å². The van der Waals surface area contributed by atoms with E-state index in [0.29, 0.717) is 16.1 Å². The molecular formula is C8H6ClFN2. The molecule has 0 fully saturated rings. The van der Waals surface area contributed by atoms with Crippen LogP contribution in [-0.2, 0) is 7.05 Å². The summed E-state index contributed by atoms with van der Waals surface area (Å²) in [4.78, 5) is 0. The van der Waals surface area contributed by atoms with E-state index in [-0.39, 0.29) is 5.82 Å². The SMILES string of the molecule is Cn1nc2cccc(F)c2c1Cl. The number of halogens is 2. The normalized spacial score (nSPS) is 10.9. The lowest BCUT2D eigenvalue weighted by Crippen LogP contribution is -1.87. The predicted octanol–water partition coefficient (Wildman–Crippen LogP) is 2.37. The van der Waals surface area contributed by atoms with E-state index in [1.54, 1.807) is 19.2 Å². The lowest BCUT2D eigenvalue weighted by atomic mass is 10.2. The fourth-order valence-corrected chi connectivity index (χ4v) is 1.39. The van der Waals surface area contributed by atoms with E-state index in [2.05, 4.69) is 5.10 Å². The van der Waals surface area contributed by atoms with Gasteiger partial charge in [-0.25, -0.2) is 4.39 Å². The summed E-state index contributed by atoms with van der Waals surface area (Å²) in [7, 11) is 1.68. The molecule has 0 bridgehead atoms. The Balaban J connectivity index is 2.97. The van der Waals surface area contributed by atoms with Gasteiger partial charge in [0.05, 0.1) is 10.9 Å². The van der Waals surface area contributed by atoms with Crippen molar-refractivity contribution in [3.05, 3.63) is 29.2 Å². The van der Waals surface area contributed by atoms with Crippen LogP contribution in [0.3, 0.4) is 0 Å². The van der Waals surface area contributed by atoms with Crippen LogP contribution in [-0.4, -0.2) is 9.78 Å². The Hall–Kier alpha value is -1.09. The number of hydrogen-bond donors (Lipinski definition) is 0. The van der Waals surface area contributed by atoms with Gasteiger partial charge in [0.25, 0.3) is 0 Å². The van der Waals surface area contributed by atoms with Gasteiger partial charge >= 0.3 is 0 Å². The topological polar surface area (TPSA) is 17.8 Å². The van der Waals surface area contributed by atoms with Crippen molar-refractivity contribution >= 4 is 22.5 Å². The number of nitrogens with zero attached hydrogens (tertiary/aromatic N) is 2. The molecule has 0 spiro atoms. The van der Waals surface area contributed by atoms with Gasteiger partial charge in [-0.3, -0.25) is 4.68 Å². The molecule has 2 aromatic rings. The van der Waals surface area contributed by atoms with Crippen molar-refractivity contribution in [2.24, 2.45) is 7.05 Å². The smallest absolute Gasteiger partial charge is 0.137 e. The second-order valence-corrected chi connectivity index (χ2v) is 2.91. The van der Waals surface area contributed by atoms with Crippen LogP contribution in [0.4, 0.5) is 4.39 Å². The molecule has 0 radical (unpaired) electrons. The standard InChI is InChI=1S/C8H6ClFN2/c1-12-8(9)7-5(10)3-2-4-6(7)11-12/h2-4H,1H3. The van der Waals surface area contributed by atoms with Crippen molar-refractivity contribution in [3.8, 4) is 0 Å². The fraction of sp³-hybridized carbons (Fsp3) is 0.125. The highest BCUT2D eigenvalue weighted by Gasteiger charge is 2.09. The van der Waals surface area contributed by atoms with E-state index < -0.39 is 0 Å². The molecule has 0 aliphatic carbocycles. The first-order valence-corrected chi connectivity index (χ1v) is 3.84. The molecule has 0 saturated carbocycles. The van der Waals surface area contributed by atoms with Crippen molar-refractivity contribution in [1.29, 1.82) is 0 Å². The van der Waals surface area contributed by atoms with Gasteiger partial charge in [-0.15, -0.1) is 0 Å². The van der Waals surface area contributed by atoms with Crippen LogP contribution in [0.15, 0.2) is 18.2 Å². The molecule has 1 aromatic heterocycles. The number of aromatic nitrogens is 2. The largest absolute Gasteiger partial charge is 0.256 e. The van der Waals surface area contributed by atoms with Crippen LogP contribution >= 0.6 is 11.6 Å². The van der Waals surface area contributed by atoms with Crippen LogP contribution in [0, 0.1) is 5.82 Å². The van der Waals surface area contributed by atoms with Crippen molar-refractivity contribution < 1.29 is 4.39 Å². The minimum Gasteiger partial charge on any atom is -0.256 e. The molecule has 2 nitrogen and oxygen atoms in total. The molecule has 0 saturated heterocycles. The zero-order valence-electron chi connectivity index (χ0n) is 6.38. The molecule has 0 amide bonds. The lowest BCUT2D eigenvalue weighted by molar-refractivity contribution is 0.639. The number of rotatable bonds is 0. The molecule has 0 aliphatic rings. The van der Waals surface area contributed by atoms with Crippen LogP contribution in [0.2, 0.25) is 5.15 Å². The zero-order chi connectivity index (χ0) is 8.72. The first kappa shape index (κ1) is 7.55. The fourth-order valence-electron chi connectivity index (χ4n) is 1.17. The third-order valence-corrected chi connectivity index (χ3v) is 2.17. The molecule has 0 aliphatic heterocycles. The first-order valence-electron chi connectivity index (χ1n) is 3.47. The molecule has 62 valence electrons. The van der Waals surface area contributed by atoms with E-state index >= 15 is 0 Å². The quantitative estimate of drug-likeness (QED) is 0.615. The van der Waals surface area contributed by atoms with Crippen LogP contribution in [0.5, 0.6) is 0 Å². The number of hydrogen-bond acceptors (Lipinski definition) is 1. The molecule has 1 heterocycles. The highest BCUT2D eigenvalue weighted by atomic mass is 35.5. The van der Waals surface area contributed by atoms with Gasteiger partial charge in [-0.1, -0.05) is 17.7 Å². The Bertz CT molecular complexity index is 436. The van der Waals surface area contributed by atoms with Gasteiger partial charge < -0.3 is 0 Å². The lowest BCUT2D eigenvalue weighted by Gasteiger charge is -1.90. The maximum absolute atomic E-state index is 13.1. The Labute approximate surface area is 73.6 Å². The highest BCUT2D eigenvalue weighted by molar-refractivity contribution is 6.34. The monoisotopic (exact) mass is 184 g/mol. The van der Waals surface area contributed by atoms with E-state index in [1.165, 1.54) is 10.7 Å². The maximum atomic E-state index is 13.1. The summed E-state index contributed by atoms with van der Waals surface area (Å²) in [5.41, 5.74) is 0.586. The Kier molecular flexibility index (Phi) is 1.54. The average Bonchev–Trinajstić information content (AvgIpc) is 2.29. The van der Waals surface area contributed by atoms with E-state index in [4.69, 9.17) is 11.6 Å². The Morgan fingerprint density at radius 2 is 2.25 bits per heavy atom. The molecule has 4 heteroatoms. The second kappa shape index (κ2) is 2.45. The van der Waals surface area contributed by atoms with Crippen LogP contribution in [0.25, 0.3) is 10.9 Å². The molecule has 12 heavy (non-hydrogen) atoms. The van der Waals surface area contributed by atoms with Gasteiger partial charge in [-0.2, -0.15) is 5.10 Å². The molecule has 0 unspecified atom stereocenters. The van der Waals surface area contributed by atoms with Gasteiger partial charge in [0, 0.05) is 7.05 Å². The van der Waals surface area contributed by atoms with Gasteiger partial charge in [0.2, 0.25) is 0 Å². The third-order valence-electron chi connectivity index (χ3n) is 1.74. The van der Waals surface area contributed by atoms with Crippen molar-refractivity contribution in [2.45, 2.75) is 0 Å². The summed E-state index contributed by atoms with van der Waals surface area (Å²) in [6.45, 7) is 0. The van der Waals surface area contributed by atoms with Crippen molar-refractivity contribution in [1.82, 2.24) is 9.78 Å². The molecule has 0 N–H and O–H groups in total. The first-order chi connectivity index (χ1) is 5.70.